The van der Waals surface area contributed by atoms with Crippen LogP contribution in [0.3, 0.4) is 0 Å². The van der Waals surface area contributed by atoms with Crippen molar-refractivity contribution in [3.05, 3.63) is 75.3 Å². The number of benzene rings is 2. The second-order valence-corrected chi connectivity index (χ2v) is 8.71. The van der Waals surface area contributed by atoms with Crippen molar-refractivity contribution in [2.45, 2.75) is 57.3 Å². The first kappa shape index (κ1) is 21.3. The zero-order valence-electron chi connectivity index (χ0n) is 18.0. The van der Waals surface area contributed by atoms with Gasteiger partial charge in [0.1, 0.15) is 5.69 Å². The number of carbonyl (C=O) groups is 1. The first-order valence-corrected chi connectivity index (χ1v) is 11.5. The molecule has 1 saturated heterocycles. The van der Waals surface area contributed by atoms with Crippen LogP contribution < -0.4 is 4.90 Å². The van der Waals surface area contributed by atoms with Gasteiger partial charge in [-0.1, -0.05) is 55.7 Å². The number of rotatable bonds is 6. The Kier molecular flexibility index (Phi) is 6.80. The molecule has 2 fully saturated rings. The first-order valence-electron chi connectivity index (χ1n) is 11.5. The van der Waals surface area contributed by atoms with Gasteiger partial charge in [0, 0.05) is 24.7 Å². The van der Waals surface area contributed by atoms with Crippen LogP contribution in [0.2, 0.25) is 0 Å². The van der Waals surface area contributed by atoms with Gasteiger partial charge in [0.05, 0.1) is 4.92 Å². The van der Waals surface area contributed by atoms with E-state index < -0.39 is 0 Å². The Morgan fingerprint density at radius 3 is 2.29 bits per heavy atom. The third-order valence-electron chi connectivity index (χ3n) is 6.59. The Hall–Kier alpha value is -2.95. The van der Waals surface area contributed by atoms with E-state index >= 15 is 0 Å². The molecule has 2 aromatic rings. The van der Waals surface area contributed by atoms with Gasteiger partial charge in [0.2, 0.25) is 0 Å². The lowest BCUT2D eigenvalue weighted by Gasteiger charge is -2.28. The maximum absolute atomic E-state index is 12.6. The predicted molar refractivity (Wildman–Crippen MR) is 125 cm³/mol. The quantitative estimate of drug-likeness (QED) is 0.232. The predicted octanol–water partition coefficient (Wildman–Crippen LogP) is 6.53. The van der Waals surface area contributed by atoms with E-state index in [2.05, 4.69) is 17.0 Å². The Morgan fingerprint density at radius 1 is 0.935 bits per heavy atom. The van der Waals surface area contributed by atoms with Gasteiger partial charge in [-0.15, -0.1) is 0 Å². The van der Waals surface area contributed by atoms with Gasteiger partial charge in [-0.2, -0.15) is 0 Å². The van der Waals surface area contributed by atoms with Gasteiger partial charge < -0.3 is 4.90 Å². The number of allylic oxidation sites excluding steroid dienone is 1. The Bertz CT molecular complexity index is 953. The second kappa shape index (κ2) is 9.90. The molecule has 0 atom stereocenters. The summed E-state index contributed by atoms with van der Waals surface area (Å²) in [6.07, 6.45) is 12.9. The van der Waals surface area contributed by atoms with E-state index in [-0.39, 0.29) is 16.4 Å². The van der Waals surface area contributed by atoms with Crippen LogP contribution in [-0.4, -0.2) is 23.8 Å². The number of nitrogens with zero attached hydrogens (tertiary/aromatic N) is 2. The molecule has 2 aromatic carbocycles. The zero-order chi connectivity index (χ0) is 21.6. The van der Waals surface area contributed by atoms with E-state index in [1.807, 2.05) is 24.3 Å². The highest BCUT2D eigenvalue weighted by Gasteiger charge is 2.21. The summed E-state index contributed by atoms with van der Waals surface area (Å²) in [5.74, 6) is 0.533. The van der Waals surface area contributed by atoms with E-state index in [4.69, 9.17) is 0 Å². The fraction of sp³-hybridized carbons (Fsp3) is 0.423. The van der Waals surface area contributed by atoms with Crippen molar-refractivity contribution in [1.82, 2.24) is 0 Å². The smallest absolute Gasteiger partial charge is 0.293 e. The monoisotopic (exact) mass is 418 g/mol. The number of hydrogen-bond acceptors (Lipinski definition) is 4. The Labute approximate surface area is 183 Å². The maximum atomic E-state index is 12.6. The van der Waals surface area contributed by atoms with Gasteiger partial charge in [-0.3, -0.25) is 14.9 Å². The van der Waals surface area contributed by atoms with Crippen LogP contribution in [0.1, 0.15) is 78.8 Å². The van der Waals surface area contributed by atoms with Crippen LogP contribution in [0.15, 0.2) is 48.5 Å². The van der Waals surface area contributed by atoms with E-state index in [1.165, 1.54) is 50.2 Å². The van der Waals surface area contributed by atoms with E-state index in [0.717, 1.165) is 25.9 Å². The lowest BCUT2D eigenvalue weighted by molar-refractivity contribution is -0.384. The highest BCUT2D eigenvalue weighted by atomic mass is 16.6. The van der Waals surface area contributed by atoms with Crippen LogP contribution in [0.5, 0.6) is 0 Å². The van der Waals surface area contributed by atoms with Crippen LogP contribution >= 0.6 is 0 Å². The molecule has 5 nitrogen and oxygen atoms in total. The fourth-order valence-corrected chi connectivity index (χ4v) is 4.82. The average molecular weight is 419 g/mol. The van der Waals surface area contributed by atoms with Crippen molar-refractivity contribution in [3.8, 4) is 0 Å². The van der Waals surface area contributed by atoms with Gasteiger partial charge in [0.25, 0.3) is 5.69 Å². The van der Waals surface area contributed by atoms with Crippen molar-refractivity contribution in [1.29, 1.82) is 0 Å². The van der Waals surface area contributed by atoms with E-state index in [0.29, 0.717) is 22.7 Å². The minimum atomic E-state index is -0.326. The molecule has 1 aliphatic carbocycles. The summed E-state index contributed by atoms with van der Waals surface area (Å²) in [4.78, 5) is 26.0. The molecular weight excluding hydrogens is 388 g/mol. The molecule has 31 heavy (non-hydrogen) atoms. The molecule has 5 heteroatoms. The molecule has 0 spiro atoms. The van der Waals surface area contributed by atoms with Crippen molar-refractivity contribution in [3.63, 3.8) is 0 Å². The molecule has 0 aromatic heterocycles. The Morgan fingerprint density at radius 2 is 1.61 bits per heavy atom. The van der Waals surface area contributed by atoms with Gasteiger partial charge in [-0.25, -0.2) is 0 Å². The SMILES string of the molecule is O=C(C=Cc1ccc(N2CCCCC2)c([N+](=O)[O-])c1)c1ccc(C2CCCCC2)cc1. The molecule has 2 aliphatic rings. The number of carbonyl (C=O) groups excluding carboxylic acids is 1. The number of ketones is 1. The lowest BCUT2D eigenvalue weighted by atomic mass is 9.84. The third kappa shape index (κ3) is 5.22. The maximum Gasteiger partial charge on any atom is 0.293 e. The van der Waals surface area contributed by atoms with Crippen molar-refractivity contribution >= 4 is 23.2 Å². The molecule has 0 unspecified atom stereocenters. The van der Waals surface area contributed by atoms with Crippen molar-refractivity contribution in [2.24, 2.45) is 0 Å². The number of piperidine rings is 1. The number of nitro groups is 1. The first-order chi connectivity index (χ1) is 15.1. The van der Waals surface area contributed by atoms with Gasteiger partial charge >= 0.3 is 0 Å². The molecule has 0 amide bonds. The molecular formula is C26H30N2O3. The molecule has 162 valence electrons. The molecule has 0 radical (unpaired) electrons. The summed E-state index contributed by atoms with van der Waals surface area (Å²) in [5, 5.41) is 11.6. The van der Waals surface area contributed by atoms with Gasteiger partial charge in [-0.05, 0) is 61.3 Å². The molecule has 1 heterocycles. The zero-order valence-corrected chi connectivity index (χ0v) is 18.0. The standard InChI is InChI=1S/C26H30N2O3/c29-26(23-13-11-22(12-14-23)21-7-3-1-4-8-21)16-10-20-9-15-24(25(19-20)28(30)31)27-17-5-2-6-18-27/h9-16,19,21H,1-8,17-18H2. The fourth-order valence-electron chi connectivity index (χ4n) is 4.82. The summed E-state index contributed by atoms with van der Waals surface area (Å²) in [7, 11) is 0. The number of anilines is 1. The summed E-state index contributed by atoms with van der Waals surface area (Å²) in [5.41, 5.74) is 3.42. The summed E-state index contributed by atoms with van der Waals surface area (Å²) < 4.78 is 0. The molecule has 1 aliphatic heterocycles. The summed E-state index contributed by atoms with van der Waals surface area (Å²) in [6.45, 7) is 1.71. The van der Waals surface area contributed by atoms with Crippen LogP contribution in [0.4, 0.5) is 11.4 Å². The molecule has 0 bridgehead atoms. The average Bonchev–Trinajstić information content (AvgIpc) is 2.83. The highest BCUT2D eigenvalue weighted by molar-refractivity contribution is 6.06. The van der Waals surface area contributed by atoms with Crippen LogP contribution in [0.25, 0.3) is 6.08 Å². The summed E-state index contributed by atoms with van der Waals surface area (Å²) in [6, 6.07) is 13.2. The Balaban J connectivity index is 1.46. The van der Waals surface area contributed by atoms with E-state index in [1.54, 1.807) is 12.1 Å². The van der Waals surface area contributed by atoms with Crippen molar-refractivity contribution in [2.75, 3.05) is 18.0 Å². The third-order valence-corrected chi connectivity index (χ3v) is 6.59. The second-order valence-electron chi connectivity index (χ2n) is 8.71. The highest BCUT2D eigenvalue weighted by Crippen LogP contribution is 2.33. The lowest BCUT2D eigenvalue weighted by Crippen LogP contribution is -2.29. The topological polar surface area (TPSA) is 63.5 Å². The van der Waals surface area contributed by atoms with Crippen LogP contribution in [0, 0.1) is 10.1 Å². The molecule has 0 N–H and O–H groups in total. The molecule has 4 rings (SSSR count). The minimum Gasteiger partial charge on any atom is -0.366 e. The molecule has 1 saturated carbocycles. The van der Waals surface area contributed by atoms with Crippen LogP contribution in [-0.2, 0) is 0 Å². The number of hydrogen-bond donors (Lipinski definition) is 0. The number of nitro benzene ring substituents is 1. The normalized spacial score (nSPS) is 17.7. The summed E-state index contributed by atoms with van der Waals surface area (Å²) >= 11 is 0. The largest absolute Gasteiger partial charge is 0.366 e. The minimum absolute atomic E-state index is 0.0852. The van der Waals surface area contributed by atoms with Crippen molar-refractivity contribution < 1.29 is 9.72 Å². The van der Waals surface area contributed by atoms with E-state index in [9.17, 15) is 14.9 Å². The van der Waals surface area contributed by atoms with Gasteiger partial charge in [0.15, 0.2) is 5.78 Å².